The van der Waals surface area contributed by atoms with Crippen LogP contribution in [0.2, 0.25) is 0 Å². The highest BCUT2D eigenvalue weighted by Gasteiger charge is 2.16. The van der Waals surface area contributed by atoms with Crippen LogP contribution in [0, 0.1) is 0 Å². The molecule has 0 unspecified atom stereocenters. The monoisotopic (exact) mass is 236 g/mol. The van der Waals surface area contributed by atoms with Gasteiger partial charge in [-0.05, 0) is 39.8 Å². The highest BCUT2D eigenvalue weighted by Crippen LogP contribution is 2.14. The zero-order valence-corrected chi connectivity index (χ0v) is 10.5. The molecule has 4 heteroatoms. The van der Waals surface area contributed by atoms with Gasteiger partial charge in [-0.1, -0.05) is 0 Å². The maximum atomic E-state index is 11.7. The second-order valence-electron chi connectivity index (χ2n) is 4.78. The molecule has 1 aromatic heterocycles. The third-order valence-corrected chi connectivity index (χ3v) is 3.08. The number of ether oxygens (including phenoxy) is 1. The van der Waals surface area contributed by atoms with Crippen molar-refractivity contribution in [3.05, 3.63) is 28.7 Å². The number of nitrogens with zero attached hydrogens (tertiary/aromatic N) is 1. The van der Waals surface area contributed by atoms with E-state index in [0.29, 0.717) is 11.8 Å². The quantitative estimate of drug-likeness (QED) is 0.866. The van der Waals surface area contributed by atoms with Crippen LogP contribution in [0.1, 0.15) is 32.7 Å². The summed E-state index contributed by atoms with van der Waals surface area (Å²) in [5.74, 6) is 0.480. The molecule has 2 heterocycles. The van der Waals surface area contributed by atoms with Crippen molar-refractivity contribution in [1.82, 2.24) is 9.88 Å². The molecule has 0 amide bonds. The van der Waals surface area contributed by atoms with Crippen molar-refractivity contribution in [3.63, 3.8) is 0 Å². The van der Waals surface area contributed by atoms with Gasteiger partial charge in [0.15, 0.2) is 5.75 Å². The van der Waals surface area contributed by atoms with Crippen molar-refractivity contribution < 1.29 is 4.74 Å². The number of hydrogen-bond donors (Lipinski definition) is 1. The number of rotatable bonds is 3. The summed E-state index contributed by atoms with van der Waals surface area (Å²) in [7, 11) is 0. The van der Waals surface area contributed by atoms with Crippen LogP contribution in [0.25, 0.3) is 0 Å². The topological polar surface area (TPSA) is 43.3 Å². The van der Waals surface area contributed by atoms with Crippen LogP contribution >= 0.6 is 0 Å². The fraction of sp³-hybridized carbons (Fsp3) is 0.615. The van der Waals surface area contributed by atoms with E-state index in [1.807, 2.05) is 17.0 Å². The van der Waals surface area contributed by atoms with Crippen molar-refractivity contribution in [2.24, 2.45) is 0 Å². The highest BCUT2D eigenvalue weighted by molar-refractivity contribution is 5.18. The molecule has 0 atom stereocenters. The minimum absolute atomic E-state index is 0.0274. The molecule has 4 nitrogen and oxygen atoms in total. The summed E-state index contributed by atoms with van der Waals surface area (Å²) in [6, 6.07) is 1.92. The molecule has 17 heavy (non-hydrogen) atoms. The van der Waals surface area contributed by atoms with E-state index in [1.165, 1.54) is 0 Å². The highest BCUT2D eigenvalue weighted by atomic mass is 16.5. The van der Waals surface area contributed by atoms with Gasteiger partial charge < -0.3 is 14.6 Å². The van der Waals surface area contributed by atoms with Crippen LogP contribution < -0.4 is 15.5 Å². The average Bonchev–Trinajstić information content (AvgIpc) is 2.33. The average molecular weight is 236 g/mol. The van der Waals surface area contributed by atoms with Crippen molar-refractivity contribution in [2.75, 3.05) is 13.1 Å². The lowest BCUT2D eigenvalue weighted by Gasteiger charge is -2.24. The molecular formula is C13H20N2O2. The van der Waals surface area contributed by atoms with E-state index in [-0.39, 0.29) is 11.5 Å². The van der Waals surface area contributed by atoms with Gasteiger partial charge >= 0.3 is 0 Å². The second kappa shape index (κ2) is 5.36. The summed E-state index contributed by atoms with van der Waals surface area (Å²) in [6.45, 7) is 6.10. The minimum Gasteiger partial charge on any atom is -0.485 e. The van der Waals surface area contributed by atoms with Gasteiger partial charge in [0.1, 0.15) is 6.10 Å². The number of piperidine rings is 1. The van der Waals surface area contributed by atoms with Crippen LogP contribution in [0.4, 0.5) is 0 Å². The Labute approximate surface area is 102 Å². The van der Waals surface area contributed by atoms with Crippen LogP contribution in [0.15, 0.2) is 23.3 Å². The standard InChI is InChI=1S/C13H20N2O2/c1-10(2)15-8-5-12(16)13(9-15)17-11-3-6-14-7-4-11/h5,8-11,14H,3-4,6-7H2,1-2H3. The first-order valence-corrected chi connectivity index (χ1v) is 6.26. The molecule has 0 saturated carbocycles. The summed E-state index contributed by atoms with van der Waals surface area (Å²) in [6.07, 6.45) is 5.73. The molecule has 0 spiro atoms. The largest absolute Gasteiger partial charge is 0.485 e. The Hall–Kier alpha value is -1.29. The fourth-order valence-corrected chi connectivity index (χ4v) is 1.98. The predicted molar refractivity (Wildman–Crippen MR) is 67.6 cm³/mol. The number of pyridine rings is 1. The first kappa shape index (κ1) is 12.2. The Morgan fingerprint density at radius 3 is 2.76 bits per heavy atom. The molecule has 1 fully saturated rings. The van der Waals surface area contributed by atoms with Gasteiger partial charge in [0.05, 0.1) is 6.20 Å². The lowest BCUT2D eigenvalue weighted by molar-refractivity contribution is 0.159. The van der Waals surface area contributed by atoms with Crippen molar-refractivity contribution >= 4 is 0 Å². The third-order valence-electron chi connectivity index (χ3n) is 3.08. The number of nitrogens with one attached hydrogen (secondary N) is 1. The Morgan fingerprint density at radius 2 is 2.12 bits per heavy atom. The van der Waals surface area contributed by atoms with E-state index < -0.39 is 0 Å². The zero-order valence-electron chi connectivity index (χ0n) is 10.5. The van der Waals surface area contributed by atoms with Crippen LogP contribution in [0.3, 0.4) is 0 Å². The van der Waals surface area contributed by atoms with Crippen molar-refractivity contribution in [1.29, 1.82) is 0 Å². The molecule has 1 saturated heterocycles. The van der Waals surface area contributed by atoms with Crippen molar-refractivity contribution in [3.8, 4) is 5.75 Å². The number of aromatic nitrogens is 1. The van der Waals surface area contributed by atoms with Gasteiger partial charge in [-0.2, -0.15) is 0 Å². The van der Waals surface area contributed by atoms with Crippen LogP contribution in [-0.2, 0) is 0 Å². The first-order chi connectivity index (χ1) is 8.16. The van der Waals surface area contributed by atoms with Gasteiger partial charge in [-0.15, -0.1) is 0 Å². The van der Waals surface area contributed by atoms with Gasteiger partial charge in [-0.25, -0.2) is 0 Å². The summed E-state index contributed by atoms with van der Waals surface area (Å²) in [5.41, 5.74) is -0.0274. The minimum atomic E-state index is -0.0274. The summed E-state index contributed by atoms with van der Waals surface area (Å²) >= 11 is 0. The van der Waals surface area contributed by atoms with E-state index in [2.05, 4.69) is 19.2 Å². The Kier molecular flexibility index (Phi) is 3.84. The van der Waals surface area contributed by atoms with Crippen LogP contribution in [0.5, 0.6) is 5.75 Å². The van der Waals surface area contributed by atoms with E-state index in [1.54, 1.807) is 6.07 Å². The lowest BCUT2D eigenvalue weighted by Crippen LogP contribution is -2.35. The molecular weight excluding hydrogens is 216 g/mol. The smallest absolute Gasteiger partial charge is 0.223 e. The van der Waals surface area contributed by atoms with Gasteiger partial charge in [0.2, 0.25) is 5.43 Å². The van der Waals surface area contributed by atoms with E-state index in [0.717, 1.165) is 25.9 Å². The third kappa shape index (κ3) is 3.09. The van der Waals surface area contributed by atoms with E-state index in [9.17, 15) is 4.79 Å². The first-order valence-electron chi connectivity index (χ1n) is 6.26. The molecule has 0 bridgehead atoms. The van der Waals surface area contributed by atoms with Gasteiger partial charge in [0.25, 0.3) is 0 Å². The maximum absolute atomic E-state index is 11.7. The lowest BCUT2D eigenvalue weighted by atomic mass is 10.1. The summed E-state index contributed by atoms with van der Waals surface area (Å²) in [5, 5.41) is 3.28. The SMILES string of the molecule is CC(C)n1ccc(=O)c(OC2CCNCC2)c1. The Bertz CT molecular complexity index is 420. The summed E-state index contributed by atoms with van der Waals surface area (Å²) in [4.78, 5) is 11.7. The second-order valence-corrected chi connectivity index (χ2v) is 4.78. The predicted octanol–water partition coefficient (Wildman–Crippen LogP) is 1.56. The fourth-order valence-electron chi connectivity index (χ4n) is 1.98. The maximum Gasteiger partial charge on any atom is 0.223 e. The molecule has 2 rings (SSSR count). The number of hydrogen-bond acceptors (Lipinski definition) is 3. The Balaban J connectivity index is 2.13. The molecule has 1 aromatic rings. The van der Waals surface area contributed by atoms with Gasteiger partial charge in [0, 0.05) is 18.3 Å². The summed E-state index contributed by atoms with van der Waals surface area (Å²) < 4.78 is 7.80. The molecule has 0 aromatic carbocycles. The Morgan fingerprint density at radius 1 is 1.41 bits per heavy atom. The molecule has 0 aliphatic carbocycles. The van der Waals surface area contributed by atoms with Crippen molar-refractivity contribution in [2.45, 2.75) is 38.8 Å². The van der Waals surface area contributed by atoms with Crippen LogP contribution in [-0.4, -0.2) is 23.8 Å². The molecule has 1 aliphatic heterocycles. The van der Waals surface area contributed by atoms with E-state index >= 15 is 0 Å². The molecule has 94 valence electrons. The van der Waals surface area contributed by atoms with Gasteiger partial charge in [-0.3, -0.25) is 4.79 Å². The normalized spacial score (nSPS) is 17.4. The molecule has 0 radical (unpaired) electrons. The zero-order chi connectivity index (χ0) is 12.3. The molecule has 1 N–H and O–H groups in total. The van der Waals surface area contributed by atoms with E-state index in [4.69, 9.17) is 4.74 Å². The molecule has 1 aliphatic rings.